The van der Waals surface area contributed by atoms with Crippen molar-refractivity contribution in [3.63, 3.8) is 0 Å². The molecule has 0 fully saturated rings. The van der Waals surface area contributed by atoms with Gasteiger partial charge in [-0.1, -0.05) is 0 Å². The molecule has 0 amide bonds. The molecule has 82 valence electrons. The van der Waals surface area contributed by atoms with Crippen molar-refractivity contribution in [1.29, 1.82) is 0 Å². The van der Waals surface area contributed by atoms with E-state index < -0.39 is 9.84 Å². The minimum atomic E-state index is -2.93. The van der Waals surface area contributed by atoms with E-state index >= 15 is 0 Å². The lowest BCUT2D eigenvalue weighted by atomic mass is 10.3. The van der Waals surface area contributed by atoms with E-state index in [4.69, 9.17) is 10.8 Å². The molecule has 0 bridgehead atoms. The Morgan fingerprint density at radius 1 is 1.08 bits per heavy atom. The van der Waals surface area contributed by atoms with Gasteiger partial charge in [0.25, 0.3) is 0 Å². The molecule has 3 N–H and O–H groups in total. The predicted molar refractivity (Wildman–Crippen MR) is 55.9 cm³/mol. The van der Waals surface area contributed by atoms with Gasteiger partial charge in [0, 0.05) is 6.61 Å². The van der Waals surface area contributed by atoms with Crippen LogP contribution in [0.15, 0.2) is 0 Å². The summed E-state index contributed by atoms with van der Waals surface area (Å²) in [4.78, 5) is 0. The third kappa shape index (κ3) is 10.1. The smallest absolute Gasteiger partial charge is 0.150 e. The van der Waals surface area contributed by atoms with E-state index in [1.165, 1.54) is 0 Å². The summed E-state index contributed by atoms with van der Waals surface area (Å²) in [6.45, 7) is 0.478. The molecule has 0 aliphatic rings. The largest absolute Gasteiger partial charge is 0.396 e. The highest BCUT2D eigenvalue weighted by atomic mass is 35.5. The number of rotatable bonds is 7. The molecule has 0 aliphatic carbocycles. The van der Waals surface area contributed by atoms with Crippen molar-refractivity contribution in [2.45, 2.75) is 19.3 Å². The highest BCUT2D eigenvalue weighted by Crippen LogP contribution is 1.98. The molecule has 0 unspecified atom stereocenters. The Bertz CT molecular complexity index is 194. The van der Waals surface area contributed by atoms with E-state index in [0.29, 0.717) is 19.4 Å². The lowest BCUT2D eigenvalue weighted by molar-refractivity contribution is 0.295. The molecule has 0 radical (unpaired) electrons. The fraction of sp³-hybridized carbons (Fsp3) is 1.00. The van der Waals surface area contributed by atoms with Crippen LogP contribution in [0.1, 0.15) is 19.3 Å². The molecule has 0 aliphatic heterocycles. The van der Waals surface area contributed by atoms with Crippen molar-refractivity contribution in [2.24, 2.45) is 5.73 Å². The van der Waals surface area contributed by atoms with E-state index in [1.807, 2.05) is 0 Å². The lowest BCUT2D eigenvalue weighted by Crippen LogP contribution is -2.13. The first-order valence-electron chi connectivity index (χ1n) is 4.14. The molecule has 0 atom stereocenters. The van der Waals surface area contributed by atoms with Crippen molar-refractivity contribution in [2.75, 3.05) is 24.7 Å². The first kappa shape index (κ1) is 15.6. The van der Waals surface area contributed by atoms with Crippen LogP contribution < -0.4 is 5.73 Å². The summed E-state index contributed by atoms with van der Waals surface area (Å²) in [5.74, 6) is 0.290. The standard InChI is InChI=1S/C7H17NO3S.ClH/c8-4-1-2-6-12(10,11)7-3-5-9;/h9H,1-8H2;1H. The molecule has 0 saturated heterocycles. The second-order valence-electron chi connectivity index (χ2n) is 2.72. The van der Waals surface area contributed by atoms with Crippen LogP contribution >= 0.6 is 12.4 Å². The third-order valence-electron chi connectivity index (χ3n) is 1.52. The van der Waals surface area contributed by atoms with Gasteiger partial charge in [0.15, 0.2) is 0 Å². The number of sulfone groups is 1. The van der Waals surface area contributed by atoms with Crippen LogP contribution in [0, 0.1) is 0 Å². The Morgan fingerprint density at radius 2 is 1.62 bits per heavy atom. The summed E-state index contributed by atoms with van der Waals surface area (Å²) in [5, 5.41) is 8.42. The Kier molecular flexibility index (Phi) is 10.5. The van der Waals surface area contributed by atoms with Crippen LogP contribution in [0.25, 0.3) is 0 Å². The molecule has 0 aromatic carbocycles. The number of hydrogen-bond donors (Lipinski definition) is 2. The fourth-order valence-electron chi connectivity index (χ4n) is 0.853. The maximum absolute atomic E-state index is 11.1. The second-order valence-corrected chi connectivity index (χ2v) is 5.03. The highest BCUT2D eigenvalue weighted by molar-refractivity contribution is 7.91. The number of halogens is 1. The quantitative estimate of drug-likeness (QED) is 0.602. The molecule has 0 rings (SSSR count). The van der Waals surface area contributed by atoms with Gasteiger partial charge in [-0.25, -0.2) is 8.42 Å². The Balaban J connectivity index is 0. The Hall–Kier alpha value is 0.160. The third-order valence-corrected chi connectivity index (χ3v) is 3.34. The van der Waals surface area contributed by atoms with Gasteiger partial charge in [0.1, 0.15) is 9.84 Å². The minimum Gasteiger partial charge on any atom is -0.396 e. The zero-order valence-corrected chi connectivity index (χ0v) is 9.24. The molecule has 0 spiro atoms. The zero-order chi connectivity index (χ0) is 9.45. The van der Waals surface area contributed by atoms with Gasteiger partial charge >= 0.3 is 0 Å². The summed E-state index contributed by atoms with van der Waals surface area (Å²) in [6, 6.07) is 0. The van der Waals surface area contributed by atoms with Gasteiger partial charge < -0.3 is 10.8 Å². The van der Waals surface area contributed by atoms with Gasteiger partial charge in [0.2, 0.25) is 0 Å². The average molecular weight is 232 g/mol. The highest BCUT2D eigenvalue weighted by Gasteiger charge is 2.08. The molecule has 0 saturated carbocycles. The minimum absolute atomic E-state index is 0. The van der Waals surface area contributed by atoms with E-state index in [2.05, 4.69) is 0 Å². The molecular formula is C7H18ClNO3S. The SMILES string of the molecule is Cl.NCCCCS(=O)(=O)CCCO. The average Bonchev–Trinajstić information content (AvgIpc) is 2.01. The Morgan fingerprint density at radius 3 is 2.08 bits per heavy atom. The molecule has 0 aromatic heterocycles. The van der Waals surface area contributed by atoms with Crippen LogP contribution in [0.4, 0.5) is 0 Å². The van der Waals surface area contributed by atoms with E-state index in [0.717, 1.165) is 6.42 Å². The monoisotopic (exact) mass is 231 g/mol. The number of unbranched alkanes of at least 4 members (excludes halogenated alkanes) is 1. The maximum atomic E-state index is 11.1. The van der Waals surface area contributed by atoms with Crippen LogP contribution in [0.5, 0.6) is 0 Å². The molecular weight excluding hydrogens is 214 g/mol. The number of aliphatic hydroxyl groups is 1. The second kappa shape index (κ2) is 8.74. The lowest BCUT2D eigenvalue weighted by Gasteiger charge is -2.01. The summed E-state index contributed by atoms with van der Waals surface area (Å²) < 4.78 is 22.2. The van der Waals surface area contributed by atoms with Crippen LogP contribution in [-0.2, 0) is 9.84 Å². The van der Waals surface area contributed by atoms with E-state index in [1.54, 1.807) is 0 Å². The van der Waals surface area contributed by atoms with E-state index in [9.17, 15) is 8.42 Å². The molecule has 4 nitrogen and oxygen atoms in total. The van der Waals surface area contributed by atoms with E-state index in [-0.39, 0.29) is 30.5 Å². The van der Waals surface area contributed by atoms with Gasteiger partial charge in [0.05, 0.1) is 11.5 Å². The summed E-state index contributed by atoms with van der Waals surface area (Å²) in [7, 11) is -2.93. The molecule has 6 heteroatoms. The van der Waals surface area contributed by atoms with Crippen molar-refractivity contribution in [3.8, 4) is 0 Å². The first-order chi connectivity index (χ1) is 5.62. The van der Waals surface area contributed by atoms with Gasteiger partial charge in [-0.05, 0) is 25.8 Å². The van der Waals surface area contributed by atoms with Crippen LogP contribution in [0.3, 0.4) is 0 Å². The predicted octanol–water partition coefficient (Wildman–Crippen LogP) is -0.0557. The Labute approximate surface area is 85.8 Å². The number of hydrogen-bond acceptors (Lipinski definition) is 4. The number of nitrogens with two attached hydrogens (primary N) is 1. The van der Waals surface area contributed by atoms with Crippen molar-refractivity contribution >= 4 is 22.2 Å². The molecule has 0 aromatic rings. The molecule has 13 heavy (non-hydrogen) atoms. The normalized spacial score (nSPS) is 10.9. The summed E-state index contributed by atoms with van der Waals surface area (Å²) in [5.41, 5.74) is 5.22. The van der Waals surface area contributed by atoms with Crippen LogP contribution in [-0.4, -0.2) is 38.2 Å². The zero-order valence-electron chi connectivity index (χ0n) is 7.61. The maximum Gasteiger partial charge on any atom is 0.150 e. The summed E-state index contributed by atoms with van der Waals surface area (Å²) in [6.07, 6.45) is 1.72. The number of aliphatic hydroxyl groups excluding tert-OH is 1. The van der Waals surface area contributed by atoms with Gasteiger partial charge in [-0.15, -0.1) is 12.4 Å². The van der Waals surface area contributed by atoms with Crippen molar-refractivity contribution in [1.82, 2.24) is 0 Å². The van der Waals surface area contributed by atoms with Crippen molar-refractivity contribution in [3.05, 3.63) is 0 Å². The fourth-order valence-corrected chi connectivity index (χ4v) is 2.27. The van der Waals surface area contributed by atoms with Gasteiger partial charge in [-0.2, -0.15) is 0 Å². The topological polar surface area (TPSA) is 80.4 Å². The van der Waals surface area contributed by atoms with Crippen LogP contribution in [0.2, 0.25) is 0 Å². The van der Waals surface area contributed by atoms with Crippen molar-refractivity contribution < 1.29 is 13.5 Å². The molecule has 0 heterocycles. The first-order valence-corrected chi connectivity index (χ1v) is 5.96. The van der Waals surface area contributed by atoms with Gasteiger partial charge in [-0.3, -0.25) is 0 Å². The summed E-state index contributed by atoms with van der Waals surface area (Å²) >= 11 is 0.